The van der Waals surface area contributed by atoms with Crippen LogP contribution in [0.25, 0.3) is 0 Å². The minimum Gasteiger partial charge on any atom is -0.480 e. The van der Waals surface area contributed by atoms with Crippen LogP contribution in [0.5, 0.6) is 0 Å². The minimum absolute atomic E-state index is 0.0390. The topological polar surface area (TPSA) is 101 Å². The average molecular weight is 327 g/mol. The Kier molecular flexibility index (Phi) is 5.35. The number of aryl methyl sites for hydroxylation is 1. The molecule has 0 saturated heterocycles. The third-order valence-corrected chi connectivity index (χ3v) is 4.62. The molecule has 0 aromatic heterocycles. The number of carbonyl (C=O) groups excluding carboxylic acids is 1. The number of nitrogens with one attached hydrogen (secondary N) is 1. The van der Waals surface area contributed by atoms with Crippen molar-refractivity contribution in [1.82, 2.24) is 5.32 Å². The lowest BCUT2D eigenvalue weighted by Gasteiger charge is -2.19. The summed E-state index contributed by atoms with van der Waals surface area (Å²) >= 11 is 0. The summed E-state index contributed by atoms with van der Waals surface area (Å²) in [6.45, 7) is 6.77. The molecule has 122 valence electrons. The first kappa shape index (κ1) is 18.2. The third kappa shape index (κ3) is 4.07. The predicted octanol–water partition coefficient (Wildman–Crippen LogP) is 1.55. The van der Waals surface area contributed by atoms with Crippen LogP contribution >= 0.6 is 0 Å². The van der Waals surface area contributed by atoms with Gasteiger partial charge in [0.05, 0.1) is 4.90 Å². The standard InChI is InChI=1S/C15H21NO5S/c1-8(2)13(15(18)19)16-14(17)12-7-11(22(5,20)21)6-9(3)10(12)4/h6-8,13H,1-5H3,(H,16,17)(H,18,19)/t13-/m1/s1. The van der Waals surface area contributed by atoms with Crippen LogP contribution in [-0.4, -0.2) is 37.7 Å². The molecule has 1 rings (SSSR count). The Bertz CT molecular complexity index is 707. The zero-order valence-corrected chi connectivity index (χ0v) is 14.1. The summed E-state index contributed by atoms with van der Waals surface area (Å²) in [5.41, 5.74) is 1.45. The lowest BCUT2D eigenvalue weighted by atomic mass is 10.0. The first-order valence-electron chi connectivity index (χ1n) is 6.80. The quantitative estimate of drug-likeness (QED) is 0.854. The van der Waals surface area contributed by atoms with Gasteiger partial charge in [0, 0.05) is 11.8 Å². The zero-order valence-electron chi connectivity index (χ0n) is 13.3. The molecule has 0 radical (unpaired) electrons. The maximum absolute atomic E-state index is 12.3. The Hall–Kier alpha value is -1.89. The molecule has 1 aromatic carbocycles. The summed E-state index contributed by atoms with van der Waals surface area (Å²) in [5, 5.41) is 11.6. The van der Waals surface area contributed by atoms with E-state index in [4.69, 9.17) is 5.11 Å². The Morgan fingerprint density at radius 3 is 2.14 bits per heavy atom. The number of amides is 1. The molecule has 2 N–H and O–H groups in total. The van der Waals surface area contributed by atoms with E-state index in [9.17, 15) is 18.0 Å². The summed E-state index contributed by atoms with van der Waals surface area (Å²) in [4.78, 5) is 23.6. The fourth-order valence-corrected chi connectivity index (χ4v) is 2.73. The fraction of sp³-hybridized carbons (Fsp3) is 0.467. The molecule has 1 aromatic rings. The summed E-state index contributed by atoms with van der Waals surface area (Å²) < 4.78 is 23.4. The molecule has 0 bridgehead atoms. The van der Waals surface area contributed by atoms with Gasteiger partial charge in [0.15, 0.2) is 9.84 Å². The fourth-order valence-electron chi connectivity index (χ4n) is 2.01. The normalized spacial score (nSPS) is 13.0. The van der Waals surface area contributed by atoms with E-state index in [1.54, 1.807) is 27.7 Å². The van der Waals surface area contributed by atoms with Gasteiger partial charge in [-0.05, 0) is 43.0 Å². The van der Waals surface area contributed by atoms with Gasteiger partial charge >= 0.3 is 5.97 Å². The first-order chi connectivity index (χ1) is 9.95. The molecule has 6 nitrogen and oxygen atoms in total. The van der Waals surface area contributed by atoms with Crippen LogP contribution in [0.4, 0.5) is 0 Å². The highest BCUT2D eigenvalue weighted by Gasteiger charge is 2.25. The zero-order chi connectivity index (χ0) is 17.2. The van der Waals surface area contributed by atoms with Gasteiger partial charge in [0.25, 0.3) is 5.91 Å². The Morgan fingerprint density at radius 2 is 1.73 bits per heavy atom. The average Bonchev–Trinajstić information content (AvgIpc) is 2.36. The lowest BCUT2D eigenvalue weighted by molar-refractivity contribution is -0.140. The Labute approximate surface area is 130 Å². The first-order valence-corrected chi connectivity index (χ1v) is 8.69. The van der Waals surface area contributed by atoms with Crippen molar-refractivity contribution in [2.24, 2.45) is 5.92 Å². The number of hydrogen-bond acceptors (Lipinski definition) is 4. The molecule has 1 amide bonds. The summed E-state index contributed by atoms with van der Waals surface area (Å²) in [5.74, 6) is -2.01. The van der Waals surface area contributed by atoms with E-state index in [0.717, 1.165) is 6.26 Å². The molecule has 0 aliphatic carbocycles. The SMILES string of the molecule is Cc1cc(S(C)(=O)=O)cc(C(=O)N[C@@H](C(=O)O)C(C)C)c1C. The second kappa shape index (κ2) is 6.48. The van der Waals surface area contributed by atoms with E-state index in [2.05, 4.69) is 5.32 Å². The van der Waals surface area contributed by atoms with Crippen molar-refractivity contribution in [1.29, 1.82) is 0 Å². The summed E-state index contributed by atoms with van der Waals surface area (Å²) in [6, 6.07) is 1.75. The molecule has 0 heterocycles. The molecule has 0 fully saturated rings. The summed E-state index contributed by atoms with van der Waals surface area (Å²) in [7, 11) is -3.46. The van der Waals surface area contributed by atoms with Crippen molar-refractivity contribution in [3.8, 4) is 0 Å². The van der Waals surface area contributed by atoms with Crippen molar-refractivity contribution in [3.05, 3.63) is 28.8 Å². The number of sulfone groups is 1. The highest BCUT2D eigenvalue weighted by atomic mass is 32.2. The van der Waals surface area contributed by atoms with Crippen LogP contribution in [0, 0.1) is 19.8 Å². The number of hydrogen-bond donors (Lipinski definition) is 2. The molecule has 0 aliphatic rings. The van der Waals surface area contributed by atoms with Crippen LogP contribution < -0.4 is 5.32 Å². The predicted molar refractivity (Wildman–Crippen MR) is 82.8 cm³/mol. The van der Waals surface area contributed by atoms with Gasteiger partial charge in [-0.1, -0.05) is 13.8 Å². The smallest absolute Gasteiger partial charge is 0.326 e. The molecule has 0 spiro atoms. The molecule has 7 heteroatoms. The van der Waals surface area contributed by atoms with Crippen LogP contribution in [0.15, 0.2) is 17.0 Å². The number of benzene rings is 1. The number of aliphatic carboxylic acids is 1. The van der Waals surface area contributed by atoms with E-state index < -0.39 is 27.8 Å². The maximum atomic E-state index is 12.3. The molecule has 0 unspecified atom stereocenters. The highest BCUT2D eigenvalue weighted by Crippen LogP contribution is 2.20. The van der Waals surface area contributed by atoms with E-state index in [-0.39, 0.29) is 16.4 Å². The number of carboxylic acid groups (broad SMARTS) is 1. The van der Waals surface area contributed by atoms with Crippen molar-refractivity contribution in [2.75, 3.05) is 6.26 Å². The highest BCUT2D eigenvalue weighted by molar-refractivity contribution is 7.90. The van der Waals surface area contributed by atoms with Crippen molar-refractivity contribution in [3.63, 3.8) is 0 Å². The lowest BCUT2D eigenvalue weighted by Crippen LogP contribution is -2.44. The van der Waals surface area contributed by atoms with Gasteiger partial charge in [0.1, 0.15) is 6.04 Å². The maximum Gasteiger partial charge on any atom is 0.326 e. The minimum atomic E-state index is -3.46. The monoisotopic (exact) mass is 327 g/mol. The van der Waals surface area contributed by atoms with E-state index >= 15 is 0 Å². The number of rotatable bonds is 5. The second-order valence-corrected chi connectivity index (χ2v) is 7.73. The third-order valence-electron chi connectivity index (χ3n) is 3.53. The molecule has 0 saturated carbocycles. The van der Waals surface area contributed by atoms with Gasteiger partial charge < -0.3 is 10.4 Å². The van der Waals surface area contributed by atoms with Crippen LogP contribution in [0.1, 0.15) is 35.3 Å². The van der Waals surface area contributed by atoms with E-state index in [1.165, 1.54) is 12.1 Å². The van der Waals surface area contributed by atoms with Gasteiger partial charge in [-0.15, -0.1) is 0 Å². The molecule has 1 atom stereocenters. The Balaban J connectivity index is 3.29. The van der Waals surface area contributed by atoms with Crippen molar-refractivity contribution in [2.45, 2.75) is 38.6 Å². The molecular weight excluding hydrogens is 306 g/mol. The van der Waals surface area contributed by atoms with Crippen molar-refractivity contribution < 1.29 is 23.1 Å². The van der Waals surface area contributed by atoms with E-state index in [0.29, 0.717) is 11.1 Å². The number of carbonyl (C=O) groups is 2. The molecule has 22 heavy (non-hydrogen) atoms. The summed E-state index contributed by atoms with van der Waals surface area (Å²) in [6.07, 6.45) is 1.06. The van der Waals surface area contributed by atoms with Crippen LogP contribution in [0.3, 0.4) is 0 Å². The number of carboxylic acids is 1. The second-order valence-electron chi connectivity index (χ2n) is 5.72. The Morgan fingerprint density at radius 1 is 1.18 bits per heavy atom. The largest absolute Gasteiger partial charge is 0.480 e. The van der Waals surface area contributed by atoms with Crippen molar-refractivity contribution >= 4 is 21.7 Å². The van der Waals surface area contributed by atoms with E-state index in [1.807, 2.05) is 0 Å². The van der Waals surface area contributed by atoms with Crippen LogP contribution in [-0.2, 0) is 14.6 Å². The van der Waals surface area contributed by atoms with Gasteiger partial charge in [-0.3, -0.25) is 4.79 Å². The molecular formula is C15H21NO5S. The van der Waals surface area contributed by atoms with Gasteiger partial charge in [0.2, 0.25) is 0 Å². The van der Waals surface area contributed by atoms with Crippen LogP contribution in [0.2, 0.25) is 0 Å². The van der Waals surface area contributed by atoms with Gasteiger partial charge in [-0.2, -0.15) is 0 Å². The van der Waals surface area contributed by atoms with Gasteiger partial charge in [-0.25, -0.2) is 13.2 Å². The molecule has 0 aliphatic heterocycles.